The fourth-order valence-electron chi connectivity index (χ4n) is 2.74. The van der Waals surface area contributed by atoms with Crippen LogP contribution in [0.4, 0.5) is 9.52 Å². The van der Waals surface area contributed by atoms with Crippen molar-refractivity contribution in [2.45, 2.75) is 6.54 Å². The topological polar surface area (TPSA) is 33.2 Å². The number of benzene rings is 3. The molecule has 0 radical (unpaired) electrons. The van der Waals surface area contributed by atoms with Crippen LogP contribution in [0, 0.1) is 5.82 Å². The van der Waals surface area contributed by atoms with Crippen molar-refractivity contribution in [2.75, 3.05) is 4.90 Å². The first kappa shape index (κ1) is 17.8. The molecule has 0 N–H and O–H groups in total. The minimum atomic E-state index is -0.369. The number of aromatic nitrogens is 1. The lowest BCUT2D eigenvalue weighted by Crippen LogP contribution is -2.30. The van der Waals surface area contributed by atoms with Crippen molar-refractivity contribution < 1.29 is 9.18 Å². The van der Waals surface area contributed by atoms with Crippen molar-refractivity contribution in [1.82, 2.24) is 4.98 Å². The molecule has 134 valence electrons. The van der Waals surface area contributed by atoms with E-state index in [-0.39, 0.29) is 11.7 Å². The van der Waals surface area contributed by atoms with Gasteiger partial charge in [0.05, 0.1) is 16.8 Å². The quantitative estimate of drug-likeness (QED) is 0.387. The Balaban J connectivity index is 1.76. The lowest BCUT2D eigenvalue weighted by Gasteiger charge is -2.20. The van der Waals surface area contributed by atoms with Crippen LogP contribution in [0.1, 0.15) is 15.9 Å². The molecule has 1 aromatic heterocycles. The van der Waals surface area contributed by atoms with E-state index >= 15 is 0 Å². The summed E-state index contributed by atoms with van der Waals surface area (Å²) in [5.41, 5.74) is 2.25. The van der Waals surface area contributed by atoms with Gasteiger partial charge in [-0.3, -0.25) is 9.69 Å². The van der Waals surface area contributed by atoms with Crippen LogP contribution >= 0.6 is 27.3 Å². The first-order valence-electron chi connectivity index (χ1n) is 8.27. The molecular weight excluding hydrogens is 427 g/mol. The Labute approximate surface area is 168 Å². The minimum absolute atomic E-state index is 0.211. The molecule has 6 heteroatoms. The molecule has 0 aliphatic heterocycles. The van der Waals surface area contributed by atoms with Gasteiger partial charge in [0, 0.05) is 10.0 Å². The smallest absolute Gasteiger partial charge is 0.260 e. The molecule has 1 amide bonds. The van der Waals surface area contributed by atoms with Gasteiger partial charge < -0.3 is 0 Å². The van der Waals surface area contributed by atoms with Crippen molar-refractivity contribution in [3.63, 3.8) is 0 Å². The van der Waals surface area contributed by atoms with Crippen molar-refractivity contribution in [2.24, 2.45) is 0 Å². The molecule has 3 aromatic carbocycles. The molecule has 3 nitrogen and oxygen atoms in total. The van der Waals surface area contributed by atoms with E-state index in [1.165, 1.54) is 35.6 Å². The third-order valence-corrected chi connectivity index (χ3v) is 5.62. The number of halogens is 2. The van der Waals surface area contributed by atoms with Crippen LogP contribution in [-0.2, 0) is 6.54 Å². The van der Waals surface area contributed by atoms with Gasteiger partial charge in [-0.15, -0.1) is 0 Å². The number of anilines is 1. The van der Waals surface area contributed by atoms with E-state index in [9.17, 15) is 9.18 Å². The summed E-state index contributed by atoms with van der Waals surface area (Å²) in [6, 6.07) is 21.2. The number of nitrogens with zero attached hydrogens (tertiary/aromatic N) is 2. The van der Waals surface area contributed by atoms with Gasteiger partial charge in [0.1, 0.15) is 5.82 Å². The van der Waals surface area contributed by atoms with Crippen LogP contribution in [0.2, 0.25) is 0 Å². The average Bonchev–Trinajstić information content (AvgIpc) is 3.10. The summed E-state index contributed by atoms with van der Waals surface area (Å²) in [6.07, 6.45) is 0. The number of carbonyl (C=O) groups is 1. The van der Waals surface area contributed by atoms with E-state index in [0.717, 1.165) is 20.3 Å². The van der Waals surface area contributed by atoms with E-state index < -0.39 is 0 Å². The van der Waals surface area contributed by atoms with Crippen LogP contribution < -0.4 is 4.90 Å². The fraction of sp³-hybridized carbons (Fsp3) is 0.0476. The van der Waals surface area contributed by atoms with Crippen LogP contribution in [0.3, 0.4) is 0 Å². The molecule has 4 rings (SSSR count). The average molecular weight is 441 g/mol. The number of hydrogen-bond donors (Lipinski definition) is 0. The Kier molecular flexibility index (Phi) is 5.01. The number of carbonyl (C=O) groups excluding carboxylic acids is 1. The van der Waals surface area contributed by atoms with E-state index in [2.05, 4.69) is 20.9 Å². The van der Waals surface area contributed by atoms with Gasteiger partial charge in [-0.25, -0.2) is 9.37 Å². The monoisotopic (exact) mass is 440 g/mol. The van der Waals surface area contributed by atoms with Gasteiger partial charge in [0.15, 0.2) is 5.13 Å². The highest BCUT2D eigenvalue weighted by Gasteiger charge is 2.22. The largest absolute Gasteiger partial charge is 0.279 e. The van der Waals surface area contributed by atoms with Crippen LogP contribution in [0.25, 0.3) is 10.2 Å². The number of amides is 1. The zero-order valence-electron chi connectivity index (χ0n) is 14.1. The van der Waals surface area contributed by atoms with Crippen molar-refractivity contribution in [3.05, 3.63) is 94.2 Å². The summed E-state index contributed by atoms with van der Waals surface area (Å²) in [4.78, 5) is 19.4. The van der Waals surface area contributed by atoms with Crippen molar-refractivity contribution >= 4 is 48.5 Å². The highest BCUT2D eigenvalue weighted by Crippen LogP contribution is 2.32. The van der Waals surface area contributed by atoms with Gasteiger partial charge in [-0.2, -0.15) is 0 Å². The molecule has 0 atom stereocenters. The summed E-state index contributed by atoms with van der Waals surface area (Å²) >= 11 is 4.92. The lowest BCUT2D eigenvalue weighted by atomic mass is 10.1. The third-order valence-electron chi connectivity index (χ3n) is 4.09. The molecule has 0 fully saturated rings. The molecule has 1 heterocycles. The fourth-order valence-corrected chi connectivity index (χ4v) is 4.26. The zero-order valence-corrected chi connectivity index (χ0v) is 16.5. The summed E-state index contributed by atoms with van der Waals surface area (Å²) < 4.78 is 15.2. The Morgan fingerprint density at radius 2 is 1.78 bits per heavy atom. The highest BCUT2D eigenvalue weighted by atomic mass is 79.9. The molecule has 0 aliphatic rings. The number of thiazole rings is 1. The summed E-state index contributed by atoms with van der Waals surface area (Å²) in [7, 11) is 0. The lowest BCUT2D eigenvalue weighted by molar-refractivity contribution is 0.0985. The molecule has 0 aliphatic carbocycles. The van der Waals surface area contributed by atoms with Gasteiger partial charge >= 0.3 is 0 Å². The molecular formula is C21H14BrFN2OS. The molecule has 0 saturated carbocycles. The van der Waals surface area contributed by atoms with Crippen LogP contribution in [0.5, 0.6) is 0 Å². The Morgan fingerprint density at radius 1 is 1.04 bits per heavy atom. The van der Waals surface area contributed by atoms with E-state index in [4.69, 9.17) is 0 Å². The summed E-state index contributed by atoms with van der Waals surface area (Å²) in [6.45, 7) is 0.387. The maximum absolute atomic E-state index is 13.3. The normalized spacial score (nSPS) is 10.9. The Hall–Kier alpha value is -2.57. The van der Waals surface area contributed by atoms with Gasteiger partial charge in [-0.1, -0.05) is 57.6 Å². The van der Waals surface area contributed by atoms with Gasteiger partial charge in [0.25, 0.3) is 5.91 Å². The van der Waals surface area contributed by atoms with Crippen LogP contribution in [0.15, 0.2) is 77.3 Å². The van der Waals surface area contributed by atoms with Crippen molar-refractivity contribution in [1.29, 1.82) is 0 Å². The van der Waals surface area contributed by atoms with Gasteiger partial charge in [-0.05, 0) is 48.0 Å². The molecule has 0 saturated heterocycles. The molecule has 0 spiro atoms. The molecule has 27 heavy (non-hydrogen) atoms. The summed E-state index contributed by atoms with van der Waals surface area (Å²) in [5, 5.41) is 0.612. The predicted molar refractivity (Wildman–Crippen MR) is 111 cm³/mol. The second kappa shape index (κ2) is 7.58. The SMILES string of the molecule is O=C(c1ccc(F)cc1)N(Cc1ccccc1)c1nc2ccc(Br)cc2s1. The third kappa shape index (κ3) is 3.91. The van der Waals surface area contributed by atoms with Crippen molar-refractivity contribution in [3.8, 4) is 0 Å². The maximum Gasteiger partial charge on any atom is 0.260 e. The summed E-state index contributed by atoms with van der Waals surface area (Å²) in [5.74, 6) is -0.581. The first-order chi connectivity index (χ1) is 13.1. The zero-order chi connectivity index (χ0) is 18.8. The number of rotatable bonds is 4. The Morgan fingerprint density at radius 3 is 2.52 bits per heavy atom. The predicted octanol–water partition coefficient (Wildman–Crippen LogP) is 6.04. The standard InChI is InChI=1S/C21H14BrFN2OS/c22-16-8-11-18-19(12-16)27-21(24-18)25(13-14-4-2-1-3-5-14)20(26)15-6-9-17(23)10-7-15/h1-12H,13H2. The van der Waals surface area contributed by atoms with E-state index in [0.29, 0.717) is 17.2 Å². The maximum atomic E-state index is 13.3. The van der Waals surface area contributed by atoms with E-state index in [1.807, 2.05) is 48.5 Å². The van der Waals surface area contributed by atoms with Crippen LogP contribution in [-0.4, -0.2) is 10.9 Å². The number of hydrogen-bond acceptors (Lipinski definition) is 3. The second-order valence-corrected chi connectivity index (χ2v) is 7.92. The highest BCUT2D eigenvalue weighted by molar-refractivity contribution is 9.10. The first-order valence-corrected chi connectivity index (χ1v) is 9.88. The molecule has 0 bridgehead atoms. The number of fused-ring (bicyclic) bond motifs is 1. The van der Waals surface area contributed by atoms with E-state index in [1.54, 1.807) is 4.90 Å². The minimum Gasteiger partial charge on any atom is -0.279 e. The molecule has 4 aromatic rings. The second-order valence-electron chi connectivity index (χ2n) is 5.99. The Bertz CT molecular complexity index is 1100. The molecule has 0 unspecified atom stereocenters. The van der Waals surface area contributed by atoms with Gasteiger partial charge in [0.2, 0.25) is 0 Å².